The van der Waals surface area contributed by atoms with Crippen LogP contribution in [-0.2, 0) is 10.0 Å². The first-order valence-electron chi connectivity index (χ1n) is 6.92. The highest BCUT2D eigenvalue weighted by Gasteiger charge is 2.18. The van der Waals surface area contributed by atoms with Gasteiger partial charge in [0, 0.05) is 22.9 Å². The summed E-state index contributed by atoms with van der Waals surface area (Å²) in [4.78, 5) is 14.3. The summed E-state index contributed by atoms with van der Waals surface area (Å²) >= 11 is 5.81. The molecule has 0 unspecified atom stereocenters. The minimum atomic E-state index is -3.77. The van der Waals surface area contributed by atoms with Crippen LogP contribution in [0.25, 0.3) is 0 Å². The largest absolute Gasteiger partial charge is 0.502 e. The van der Waals surface area contributed by atoms with Gasteiger partial charge in [-0.3, -0.25) is 15.1 Å². The van der Waals surface area contributed by atoms with Crippen molar-refractivity contribution in [2.45, 2.75) is 17.9 Å². The number of nitrogens with zero attached hydrogens (tertiary/aromatic N) is 2. The van der Waals surface area contributed by atoms with Gasteiger partial charge in [-0.15, -0.1) is 0 Å². The molecule has 0 aliphatic rings. The van der Waals surface area contributed by atoms with E-state index >= 15 is 0 Å². The molecule has 2 rings (SSSR count). The Hall–Kier alpha value is -2.49. The summed E-state index contributed by atoms with van der Waals surface area (Å²) in [5.74, 6) is -0.532. The van der Waals surface area contributed by atoms with E-state index < -0.39 is 32.4 Å². The van der Waals surface area contributed by atoms with Crippen LogP contribution in [0.3, 0.4) is 0 Å². The molecule has 0 aromatic heterocycles. The van der Waals surface area contributed by atoms with Gasteiger partial charge in [0.25, 0.3) is 0 Å². The third kappa shape index (κ3) is 4.53. The van der Waals surface area contributed by atoms with E-state index in [1.54, 1.807) is 19.1 Å². The monoisotopic (exact) mass is 383 g/mol. The molecule has 0 radical (unpaired) electrons. The van der Waals surface area contributed by atoms with Gasteiger partial charge in [-0.25, -0.2) is 13.6 Å². The Morgan fingerprint density at radius 3 is 2.44 bits per heavy atom. The SMILES string of the molecule is C[C@H](N=Cc1cc(Cl)cc([N+](=O)[O-])c1O)c1ccc(S(N)(=O)=O)cc1. The summed E-state index contributed by atoms with van der Waals surface area (Å²) < 4.78 is 22.5. The lowest BCUT2D eigenvalue weighted by Crippen LogP contribution is -2.12. The fourth-order valence-corrected chi connectivity index (χ4v) is 2.79. The second-order valence-electron chi connectivity index (χ2n) is 5.19. The van der Waals surface area contributed by atoms with Gasteiger partial charge >= 0.3 is 5.69 Å². The van der Waals surface area contributed by atoms with Crippen LogP contribution in [0.4, 0.5) is 5.69 Å². The maximum atomic E-state index is 11.2. The minimum absolute atomic E-state index is 0.0180. The van der Waals surface area contributed by atoms with E-state index in [4.69, 9.17) is 16.7 Å². The normalized spacial score (nSPS) is 13.1. The Bertz CT molecular complexity index is 942. The van der Waals surface area contributed by atoms with Crippen molar-refractivity contribution < 1.29 is 18.4 Å². The van der Waals surface area contributed by atoms with Crippen LogP contribution >= 0.6 is 11.6 Å². The highest BCUT2D eigenvalue weighted by molar-refractivity contribution is 7.89. The van der Waals surface area contributed by atoms with Crippen molar-refractivity contribution in [2.75, 3.05) is 0 Å². The predicted octanol–water partition coefficient (Wildman–Crippen LogP) is 2.78. The summed E-state index contributed by atoms with van der Waals surface area (Å²) in [6.07, 6.45) is 1.27. The number of nitrogens with two attached hydrogens (primary N) is 1. The molecule has 0 saturated heterocycles. The van der Waals surface area contributed by atoms with E-state index in [2.05, 4.69) is 4.99 Å². The van der Waals surface area contributed by atoms with Crippen molar-refractivity contribution in [2.24, 2.45) is 10.1 Å². The lowest BCUT2D eigenvalue weighted by atomic mass is 10.1. The standard InChI is InChI=1S/C15H14ClN3O5S/c1-9(10-2-4-13(5-3-10)25(17,23)24)18-8-11-6-12(16)7-14(15(11)20)19(21)22/h2-9,20H,1H3,(H2,17,23,24)/t9-/m0/s1. The Labute approximate surface area is 148 Å². The van der Waals surface area contributed by atoms with E-state index in [0.717, 1.165) is 6.07 Å². The fraction of sp³-hybridized carbons (Fsp3) is 0.133. The Morgan fingerprint density at radius 1 is 1.32 bits per heavy atom. The molecule has 2 aromatic carbocycles. The van der Waals surface area contributed by atoms with Crippen LogP contribution in [0.15, 0.2) is 46.3 Å². The number of hydrogen-bond acceptors (Lipinski definition) is 6. The van der Waals surface area contributed by atoms with Crippen molar-refractivity contribution in [3.63, 3.8) is 0 Å². The molecule has 132 valence electrons. The first kappa shape index (κ1) is 18.8. The lowest BCUT2D eigenvalue weighted by molar-refractivity contribution is -0.385. The average molecular weight is 384 g/mol. The number of phenolic OH excluding ortho intramolecular Hbond substituents is 1. The van der Waals surface area contributed by atoms with E-state index in [9.17, 15) is 23.6 Å². The number of aromatic hydroxyl groups is 1. The topological polar surface area (TPSA) is 136 Å². The second kappa shape index (κ2) is 7.18. The van der Waals surface area contributed by atoms with Gasteiger partial charge in [0.05, 0.1) is 15.9 Å². The number of aliphatic imine (C=N–C) groups is 1. The fourth-order valence-electron chi connectivity index (χ4n) is 2.06. The van der Waals surface area contributed by atoms with E-state index in [-0.39, 0.29) is 15.5 Å². The summed E-state index contributed by atoms with van der Waals surface area (Å²) in [5, 5.41) is 25.9. The minimum Gasteiger partial charge on any atom is -0.502 e. The maximum Gasteiger partial charge on any atom is 0.312 e. The summed E-state index contributed by atoms with van der Waals surface area (Å²) in [7, 11) is -3.77. The first-order valence-corrected chi connectivity index (χ1v) is 8.85. The Morgan fingerprint density at radius 2 is 1.92 bits per heavy atom. The lowest BCUT2D eigenvalue weighted by Gasteiger charge is -2.08. The number of sulfonamides is 1. The third-order valence-electron chi connectivity index (χ3n) is 3.41. The second-order valence-corrected chi connectivity index (χ2v) is 7.19. The number of nitro groups is 1. The van der Waals surface area contributed by atoms with Gasteiger partial charge in [0.15, 0.2) is 0 Å². The summed E-state index contributed by atoms with van der Waals surface area (Å²) in [6, 6.07) is 7.83. The maximum absolute atomic E-state index is 11.2. The molecule has 2 aromatic rings. The molecule has 0 fully saturated rings. The number of benzene rings is 2. The van der Waals surface area contributed by atoms with Crippen LogP contribution in [0.5, 0.6) is 5.75 Å². The number of nitro benzene ring substituents is 1. The number of rotatable bonds is 5. The van der Waals surface area contributed by atoms with Gasteiger partial charge < -0.3 is 5.11 Å². The molecule has 0 aliphatic carbocycles. The van der Waals surface area contributed by atoms with Crippen LogP contribution in [0, 0.1) is 10.1 Å². The molecule has 0 aliphatic heterocycles. The molecule has 0 spiro atoms. The Kier molecular flexibility index (Phi) is 5.41. The molecule has 0 bridgehead atoms. The van der Waals surface area contributed by atoms with Crippen molar-refractivity contribution in [1.29, 1.82) is 0 Å². The van der Waals surface area contributed by atoms with Crippen LogP contribution in [0.1, 0.15) is 24.1 Å². The van der Waals surface area contributed by atoms with E-state index in [1.165, 1.54) is 24.4 Å². The molecule has 10 heteroatoms. The molecule has 8 nitrogen and oxygen atoms in total. The molecule has 25 heavy (non-hydrogen) atoms. The zero-order chi connectivity index (χ0) is 18.8. The smallest absolute Gasteiger partial charge is 0.312 e. The van der Waals surface area contributed by atoms with Gasteiger partial charge in [-0.05, 0) is 30.7 Å². The van der Waals surface area contributed by atoms with Crippen molar-refractivity contribution in [1.82, 2.24) is 0 Å². The zero-order valence-electron chi connectivity index (χ0n) is 13.0. The van der Waals surface area contributed by atoms with Crippen LogP contribution in [-0.4, -0.2) is 24.7 Å². The van der Waals surface area contributed by atoms with E-state index in [0.29, 0.717) is 5.56 Å². The first-order chi connectivity index (χ1) is 11.6. The van der Waals surface area contributed by atoms with Crippen LogP contribution in [0.2, 0.25) is 5.02 Å². The highest BCUT2D eigenvalue weighted by atomic mass is 35.5. The zero-order valence-corrected chi connectivity index (χ0v) is 14.5. The molecule has 0 saturated carbocycles. The van der Waals surface area contributed by atoms with E-state index in [1.807, 2.05) is 0 Å². The van der Waals surface area contributed by atoms with Crippen molar-refractivity contribution in [3.8, 4) is 5.75 Å². The summed E-state index contributed by atoms with van der Waals surface area (Å²) in [5.41, 5.74) is 0.283. The third-order valence-corrected chi connectivity index (χ3v) is 4.56. The molecular weight excluding hydrogens is 370 g/mol. The number of primary sulfonamides is 1. The van der Waals surface area contributed by atoms with Gasteiger partial charge in [-0.2, -0.15) is 0 Å². The molecule has 3 N–H and O–H groups in total. The molecule has 1 atom stereocenters. The Balaban J connectivity index is 2.29. The number of phenols is 1. The molecular formula is C15H14ClN3O5S. The van der Waals surface area contributed by atoms with Gasteiger partial charge in [0.1, 0.15) is 0 Å². The highest BCUT2D eigenvalue weighted by Crippen LogP contribution is 2.32. The van der Waals surface area contributed by atoms with Crippen molar-refractivity contribution >= 4 is 33.5 Å². The van der Waals surface area contributed by atoms with Crippen molar-refractivity contribution in [3.05, 3.63) is 62.7 Å². The quantitative estimate of drug-likeness (QED) is 0.464. The number of halogens is 1. The molecule has 0 amide bonds. The molecule has 0 heterocycles. The summed E-state index contributed by atoms with van der Waals surface area (Å²) in [6.45, 7) is 1.73. The van der Waals surface area contributed by atoms with Gasteiger partial charge in [0.2, 0.25) is 15.8 Å². The van der Waals surface area contributed by atoms with Gasteiger partial charge in [-0.1, -0.05) is 23.7 Å². The number of hydrogen-bond donors (Lipinski definition) is 2. The average Bonchev–Trinajstić information content (AvgIpc) is 2.54. The predicted molar refractivity (Wildman–Crippen MR) is 93.6 cm³/mol. The van der Waals surface area contributed by atoms with Crippen LogP contribution < -0.4 is 5.14 Å².